The maximum Gasteiger partial charge on any atom is 0.337 e. The van der Waals surface area contributed by atoms with Gasteiger partial charge in [-0.15, -0.1) is 6.58 Å². The summed E-state index contributed by atoms with van der Waals surface area (Å²) in [5.74, 6) is -0.855. The van der Waals surface area contributed by atoms with E-state index in [0.29, 0.717) is 12.0 Å². The van der Waals surface area contributed by atoms with Gasteiger partial charge in [0, 0.05) is 34.5 Å². The van der Waals surface area contributed by atoms with Gasteiger partial charge in [-0.05, 0) is 43.1 Å². The van der Waals surface area contributed by atoms with Crippen molar-refractivity contribution in [2.75, 3.05) is 27.4 Å². The molecule has 5 rings (SSSR count). The molecular formula is C28H36N2O10. The zero-order chi connectivity index (χ0) is 28.6. The third-order valence-electron chi connectivity index (χ3n) is 8.07. The summed E-state index contributed by atoms with van der Waals surface area (Å²) >= 11 is 0. The van der Waals surface area contributed by atoms with Crippen LogP contribution in [0, 0.1) is 11.8 Å². The fraction of sp³-hybridized carbons (Fsp3) is 0.536. The Hall–Kier alpha value is -2.97. The summed E-state index contributed by atoms with van der Waals surface area (Å²) in [6.45, 7) is 4.08. The monoisotopic (exact) mass is 560 g/mol. The highest BCUT2D eigenvalue weighted by molar-refractivity contribution is 5.89. The Morgan fingerprint density at radius 2 is 1.98 bits per heavy atom. The lowest BCUT2D eigenvalue weighted by Gasteiger charge is -2.43. The number of hydrogen-bond acceptors (Lipinski definition) is 11. The standard InChI is InChI=1S/C28H36N2O10/c1-4-14-16(10-20-22-15(7-8-29-20)17-9-13(36-2)5-6-19(17)30-22)18(26(35)37-3)12-38-27(14)40-28-25(34)24(33)23(32)21(11-31)39-28/h4-6,9,12,14,16,20-21,23-25,27-34H,1,7-8,10-11H2,2-3H3/t14-,16+,20+,21-,23-,24+,25-,27+,28+/m1/s1. The maximum atomic E-state index is 12.8. The van der Waals surface area contributed by atoms with Gasteiger partial charge >= 0.3 is 5.97 Å². The van der Waals surface area contributed by atoms with Crippen LogP contribution < -0.4 is 10.1 Å². The highest BCUT2D eigenvalue weighted by Crippen LogP contribution is 2.42. The average molecular weight is 561 g/mol. The van der Waals surface area contributed by atoms with Crippen LogP contribution >= 0.6 is 0 Å². The molecule has 4 heterocycles. The van der Waals surface area contributed by atoms with Gasteiger partial charge in [0.25, 0.3) is 0 Å². The van der Waals surface area contributed by atoms with Gasteiger partial charge in [0.05, 0.1) is 32.7 Å². The number of fused-ring (bicyclic) bond motifs is 3. The molecule has 3 aliphatic rings. The second kappa shape index (κ2) is 11.9. The molecule has 1 saturated heterocycles. The van der Waals surface area contributed by atoms with Crippen molar-refractivity contribution in [1.29, 1.82) is 0 Å². The van der Waals surface area contributed by atoms with Gasteiger partial charge in [0.15, 0.2) is 6.29 Å². The molecule has 0 unspecified atom stereocenters. The summed E-state index contributed by atoms with van der Waals surface area (Å²) in [4.78, 5) is 16.3. The Bertz CT molecular complexity index is 1260. The van der Waals surface area contributed by atoms with Crippen molar-refractivity contribution in [3.63, 3.8) is 0 Å². The van der Waals surface area contributed by atoms with Crippen molar-refractivity contribution in [3.05, 3.63) is 53.9 Å². The van der Waals surface area contributed by atoms with Crippen molar-refractivity contribution in [1.82, 2.24) is 10.3 Å². The molecule has 12 nitrogen and oxygen atoms in total. The van der Waals surface area contributed by atoms with Crippen molar-refractivity contribution in [2.45, 2.75) is 55.9 Å². The van der Waals surface area contributed by atoms with Crippen molar-refractivity contribution in [3.8, 4) is 5.75 Å². The number of carbonyl (C=O) groups is 1. The van der Waals surface area contributed by atoms with E-state index in [2.05, 4.69) is 16.9 Å². The molecule has 0 bridgehead atoms. The van der Waals surface area contributed by atoms with Crippen LogP contribution in [0.4, 0.5) is 0 Å². The van der Waals surface area contributed by atoms with Gasteiger partial charge in [0.2, 0.25) is 6.29 Å². The number of ether oxygens (including phenoxy) is 5. The number of aromatic amines is 1. The quantitative estimate of drug-likeness (QED) is 0.195. The van der Waals surface area contributed by atoms with Crippen molar-refractivity contribution < 1.29 is 48.9 Å². The Morgan fingerprint density at radius 1 is 1.18 bits per heavy atom. The van der Waals surface area contributed by atoms with Gasteiger partial charge in [-0.3, -0.25) is 0 Å². The Labute approximate surface area is 231 Å². The maximum absolute atomic E-state index is 12.8. The normalized spacial score (nSPS) is 34.0. The summed E-state index contributed by atoms with van der Waals surface area (Å²) in [6, 6.07) is 5.74. The van der Waals surface area contributed by atoms with E-state index in [0.717, 1.165) is 35.3 Å². The summed E-state index contributed by atoms with van der Waals surface area (Å²) in [5.41, 5.74) is 3.48. The SMILES string of the molecule is C=C[C@H]1[C@H](O[C@@H]2O[C@H](CO)[C@@H](O)[C@H](O)[C@H]2O)OC=C(C(=O)OC)[C@H]1C[C@@H]1NCCc2c1[nH]c1ccc(OC)cc21. The number of hydrogen-bond donors (Lipinski definition) is 6. The number of benzene rings is 1. The zero-order valence-corrected chi connectivity index (χ0v) is 22.4. The number of aliphatic hydroxyl groups is 4. The topological polar surface area (TPSA) is 172 Å². The van der Waals surface area contributed by atoms with Crippen LogP contribution in [0.15, 0.2) is 42.7 Å². The van der Waals surface area contributed by atoms with E-state index in [-0.39, 0.29) is 6.04 Å². The molecule has 0 radical (unpaired) electrons. The highest BCUT2D eigenvalue weighted by Gasteiger charge is 2.48. The first-order chi connectivity index (χ1) is 19.3. The van der Waals surface area contributed by atoms with Crippen LogP contribution in [0.3, 0.4) is 0 Å². The molecule has 0 aliphatic carbocycles. The summed E-state index contributed by atoms with van der Waals surface area (Å²) in [7, 11) is 2.93. The predicted octanol–water partition coefficient (Wildman–Crippen LogP) is 0.402. The van der Waals surface area contributed by atoms with Gasteiger partial charge in [0.1, 0.15) is 30.2 Å². The number of H-pyrrole nitrogens is 1. The molecule has 0 spiro atoms. The zero-order valence-electron chi connectivity index (χ0n) is 22.4. The Morgan fingerprint density at radius 3 is 2.67 bits per heavy atom. The highest BCUT2D eigenvalue weighted by atomic mass is 16.8. The summed E-state index contributed by atoms with van der Waals surface area (Å²) < 4.78 is 27.7. The Kier molecular flexibility index (Phi) is 8.47. The van der Waals surface area contributed by atoms with Crippen LogP contribution in [0.5, 0.6) is 5.75 Å². The molecule has 1 fully saturated rings. The first kappa shape index (κ1) is 28.6. The number of methoxy groups -OCH3 is 2. The lowest BCUT2D eigenvalue weighted by Crippen LogP contribution is -2.60. The van der Waals surface area contributed by atoms with Crippen LogP contribution in [0.1, 0.15) is 23.7 Å². The van der Waals surface area contributed by atoms with E-state index in [1.165, 1.54) is 18.9 Å². The number of esters is 1. The molecule has 0 amide bonds. The minimum Gasteiger partial charge on any atom is -0.497 e. The van der Waals surface area contributed by atoms with Crippen LogP contribution in [0.25, 0.3) is 10.9 Å². The third kappa shape index (κ3) is 5.12. The van der Waals surface area contributed by atoms with Crippen LogP contribution in [0.2, 0.25) is 0 Å². The second-order valence-corrected chi connectivity index (χ2v) is 10.2. The third-order valence-corrected chi connectivity index (χ3v) is 8.07. The molecule has 6 N–H and O–H groups in total. The number of aliphatic hydroxyl groups excluding tert-OH is 4. The molecule has 12 heteroatoms. The lowest BCUT2D eigenvalue weighted by molar-refractivity contribution is -0.339. The van der Waals surface area contributed by atoms with Gasteiger partial charge in [-0.1, -0.05) is 6.08 Å². The lowest BCUT2D eigenvalue weighted by atomic mass is 9.78. The minimum atomic E-state index is -1.61. The molecule has 1 aromatic carbocycles. The van der Waals surface area contributed by atoms with Crippen molar-refractivity contribution in [2.24, 2.45) is 11.8 Å². The van der Waals surface area contributed by atoms with E-state index in [1.807, 2.05) is 18.2 Å². The van der Waals surface area contributed by atoms with E-state index in [4.69, 9.17) is 23.7 Å². The molecule has 3 aliphatic heterocycles. The van der Waals surface area contributed by atoms with E-state index in [9.17, 15) is 25.2 Å². The van der Waals surface area contributed by atoms with Crippen LogP contribution in [-0.4, -0.2) is 95.7 Å². The van der Waals surface area contributed by atoms with E-state index >= 15 is 0 Å². The molecule has 1 aromatic heterocycles. The molecule has 9 atom stereocenters. The van der Waals surface area contributed by atoms with Gasteiger partial charge < -0.3 is 54.4 Å². The van der Waals surface area contributed by atoms with Gasteiger partial charge in [-0.2, -0.15) is 0 Å². The summed E-state index contributed by atoms with van der Waals surface area (Å²) in [6.07, 6.45) is -4.20. The van der Waals surface area contributed by atoms with Crippen LogP contribution in [-0.2, 0) is 30.2 Å². The first-order valence-electron chi connectivity index (χ1n) is 13.3. The molecular weight excluding hydrogens is 524 g/mol. The molecule has 40 heavy (non-hydrogen) atoms. The Balaban J connectivity index is 1.43. The molecule has 218 valence electrons. The number of nitrogens with one attached hydrogen (secondary N) is 2. The minimum absolute atomic E-state index is 0.159. The van der Waals surface area contributed by atoms with Gasteiger partial charge in [-0.25, -0.2) is 4.79 Å². The van der Waals surface area contributed by atoms with Crippen molar-refractivity contribution >= 4 is 16.9 Å². The summed E-state index contributed by atoms with van der Waals surface area (Å²) in [5, 5.41) is 45.0. The largest absolute Gasteiger partial charge is 0.497 e. The van der Waals surface area contributed by atoms with E-state index in [1.54, 1.807) is 13.2 Å². The number of aromatic nitrogens is 1. The average Bonchev–Trinajstić information content (AvgIpc) is 3.36. The number of rotatable bonds is 8. The fourth-order valence-electron chi connectivity index (χ4n) is 5.90. The predicted molar refractivity (Wildman–Crippen MR) is 141 cm³/mol. The number of carbonyl (C=O) groups excluding carboxylic acids is 1. The van der Waals surface area contributed by atoms with E-state index < -0.39 is 61.4 Å². The fourth-order valence-corrected chi connectivity index (χ4v) is 5.90. The second-order valence-electron chi connectivity index (χ2n) is 10.2. The molecule has 2 aromatic rings. The first-order valence-corrected chi connectivity index (χ1v) is 13.3. The molecule has 0 saturated carbocycles. The smallest absolute Gasteiger partial charge is 0.337 e.